The van der Waals surface area contributed by atoms with Crippen molar-refractivity contribution in [3.63, 3.8) is 0 Å². The Hall–Kier alpha value is -1.16. The van der Waals surface area contributed by atoms with Gasteiger partial charge in [0.25, 0.3) is 0 Å². The van der Waals surface area contributed by atoms with Crippen LogP contribution in [-0.4, -0.2) is 27.6 Å². The van der Waals surface area contributed by atoms with Gasteiger partial charge in [0.05, 0.1) is 5.60 Å². The van der Waals surface area contributed by atoms with Crippen LogP contribution in [0.3, 0.4) is 0 Å². The van der Waals surface area contributed by atoms with Gasteiger partial charge in [-0.2, -0.15) is 0 Å². The van der Waals surface area contributed by atoms with Crippen molar-refractivity contribution in [3.05, 3.63) is 11.6 Å². The molecule has 4 rings (SSSR count). The molecule has 7 atom stereocenters. The summed E-state index contributed by atoms with van der Waals surface area (Å²) in [6, 6.07) is 0. The SMILES string of the molecule is CC[C@@H]1C[C@@H]2[C@H](CC[C@@]3(C)[C@H]2CC[C@]3(O)CCC(=O)O)[C@@]2(C)CCC(=O)C=C12. The lowest BCUT2D eigenvalue weighted by Gasteiger charge is -2.60. The summed E-state index contributed by atoms with van der Waals surface area (Å²) < 4.78 is 0. The van der Waals surface area contributed by atoms with E-state index in [4.69, 9.17) is 5.11 Å². The molecule has 0 amide bonds. The average molecular weight is 389 g/mol. The van der Waals surface area contributed by atoms with Crippen LogP contribution in [0.2, 0.25) is 0 Å². The minimum Gasteiger partial charge on any atom is -0.481 e. The molecule has 0 aliphatic heterocycles. The fourth-order valence-electron chi connectivity index (χ4n) is 8.01. The van der Waals surface area contributed by atoms with Crippen LogP contribution in [0, 0.1) is 34.5 Å². The van der Waals surface area contributed by atoms with E-state index < -0.39 is 11.6 Å². The smallest absolute Gasteiger partial charge is 0.303 e. The predicted molar refractivity (Wildman–Crippen MR) is 108 cm³/mol. The second-order valence-electron chi connectivity index (χ2n) is 10.6. The van der Waals surface area contributed by atoms with Gasteiger partial charge in [0, 0.05) is 12.8 Å². The van der Waals surface area contributed by atoms with E-state index in [-0.39, 0.29) is 17.3 Å². The molecule has 4 aliphatic carbocycles. The number of allylic oxidation sites excluding steroid dienone is 1. The number of carboxylic acid groups (broad SMARTS) is 1. The molecule has 0 spiro atoms. The molecule has 0 saturated heterocycles. The van der Waals surface area contributed by atoms with Crippen LogP contribution in [0.25, 0.3) is 0 Å². The van der Waals surface area contributed by atoms with Crippen molar-refractivity contribution >= 4 is 11.8 Å². The van der Waals surface area contributed by atoms with Gasteiger partial charge in [-0.25, -0.2) is 0 Å². The van der Waals surface area contributed by atoms with Crippen LogP contribution in [0.15, 0.2) is 11.6 Å². The first-order valence-corrected chi connectivity index (χ1v) is 11.3. The Bertz CT molecular complexity index is 711. The summed E-state index contributed by atoms with van der Waals surface area (Å²) in [6.45, 7) is 6.88. The maximum atomic E-state index is 12.2. The molecule has 4 heteroatoms. The topological polar surface area (TPSA) is 74.6 Å². The highest BCUT2D eigenvalue weighted by Crippen LogP contribution is 2.69. The van der Waals surface area contributed by atoms with E-state index in [1.165, 1.54) is 5.57 Å². The van der Waals surface area contributed by atoms with E-state index in [9.17, 15) is 14.7 Å². The molecule has 4 aliphatic rings. The van der Waals surface area contributed by atoms with E-state index >= 15 is 0 Å². The first-order chi connectivity index (χ1) is 13.1. The van der Waals surface area contributed by atoms with Crippen molar-refractivity contribution < 1.29 is 19.8 Å². The molecule has 0 aromatic heterocycles. The highest BCUT2D eigenvalue weighted by molar-refractivity contribution is 5.91. The Morgan fingerprint density at radius 3 is 2.57 bits per heavy atom. The lowest BCUT2D eigenvalue weighted by Crippen LogP contribution is -2.56. The van der Waals surface area contributed by atoms with Crippen molar-refractivity contribution in [3.8, 4) is 0 Å². The molecule has 0 radical (unpaired) electrons. The summed E-state index contributed by atoms with van der Waals surface area (Å²) in [5.74, 6) is 1.61. The third kappa shape index (κ3) is 2.74. The number of carbonyl (C=O) groups excluding carboxylic acids is 1. The molecule has 28 heavy (non-hydrogen) atoms. The van der Waals surface area contributed by atoms with Crippen molar-refractivity contribution in [2.45, 2.75) is 90.6 Å². The normalized spacial score (nSPS) is 47.7. The Kier molecular flexibility index (Phi) is 4.80. The summed E-state index contributed by atoms with van der Waals surface area (Å²) in [7, 11) is 0. The van der Waals surface area contributed by atoms with Crippen molar-refractivity contribution in [2.24, 2.45) is 34.5 Å². The number of hydrogen-bond acceptors (Lipinski definition) is 3. The van der Waals surface area contributed by atoms with Gasteiger partial charge in [0.15, 0.2) is 5.78 Å². The Morgan fingerprint density at radius 2 is 1.89 bits per heavy atom. The molecule has 4 nitrogen and oxygen atoms in total. The quantitative estimate of drug-likeness (QED) is 0.729. The molecule has 156 valence electrons. The monoisotopic (exact) mass is 388 g/mol. The lowest BCUT2D eigenvalue weighted by atomic mass is 9.44. The van der Waals surface area contributed by atoms with Gasteiger partial charge in [-0.15, -0.1) is 0 Å². The van der Waals surface area contributed by atoms with Gasteiger partial charge in [-0.1, -0.05) is 26.3 Å². The molecule has 0 aromatic carbocycles. The summed E-state index contributed by atoms with van der Waals surface area (Å²) in [5.41, 5.74) is 0.516. The zero-order valence-electron chi connectivity index (χ0n) is 17.7. The highest BCUT2D eigenvalue weighted by Gasteiger charge is 2.64. The van der Waals surface area contributed by atoms with E-state index in [0.29, 0.717) is 42.3 Å². The van der Waals surface area contributed by atoms with E-state index in [1.54, 1.807) is 0 Å². The van der Waals surface area contributed by atoms with E-state index in [2.05, 4.69) is 20.8 Å². The first-order valence-electron chi connectivity index (χ1n) is 11.3. The third-order valence-corrected chi connectivity index (χ3v) is 9.69. The summed E-state index contributed by atoms with van der Waals surface area (Å²) >= 11 is 0. The van der Waals surface area contributed by atoms with E-state index in [0.717, 1.165) is 44.9 Å². The van der Waals surface area contributed by atoms with E-state index in [1.807, 2.05) is 6.08 Å². The zero-order valence-corrected chi connectivity index (χ0v) is 17.7. The average Bonchev–Trinajstić information content (AvgIpc) is 2.92. The van der Waals surface area contributed by atoms with Gasteiger partial charge < -0.3 is 10.2 Å². The number of ketones is 1. The van der Waals surface area contributed by atoms with Crippen molar-refractivity contribution in [1.82, 2.24) is 0 Å². The minimum atomic E-state index is -0.845. The lowest BCUT2D eigenvalue weighted by molar-refractivity contribution is -0.148. The van der Waals surface area contributed by atoms with Crippen LogP contribution < -0.4 is 0 Å². The number of hydrogen-bond donors (Lipinski definition) is 2. The second kappa shape index (κ2) is 6.68. The number of fused-ring (bicyclic) bond motifs is 5. The molecular weight excluding hydrogens is 352 g/mol. The first kappa shape index (κ1) is 20.1. The molecular formula is C24H36O4. The van der Waals surface area contributed by atoms with Crippen LogP contribution in [-0.2, 0) is 9.59 Å². The molecule has 3 saturated carbocycles. The number of aliphatic hydroxyl groups is 1. The fourth-order valence-corrected chi connectivity index (χ4v) is 8.01. The number of rotatable bonds is 4. The zero-order chi connectivity index (χ0) is 20.3. The predicted octanol–water partition coefficient (Wildman–Crippen LogP) is 4.75. The molecule has 0 unspecified atom stereocenters. The van der Waals surface area contributed by atoms with Gasteiger partial charge >= 0.3 is 5.97 Å². The Morgan fingerprint density at radius 1 is 1.18 bits per heavy atom. The number of carbonyl (C=O) groups is 2. The molecule has 0 bridgehead atoms. The highest BCUT2D eigenvalue weighted by atomic mass is 16.4. The Balaban J connectivity index is 1.66. The fraction of sp³-hybridized carbons (Fsp3) is 0.833. The summed E-state index contributed by atoms with van der Waals surface area (Å²) in [4.78, 5) is 23.3. The molecule has 0 heterocycles. The van der Waals surface area contributed by atoms with Crippen molar-refractivity contribution in [1.29, 1.82) is 0 Å². The second-order valence-corrected chi connectivity index (χ2v) is 10.6. The minimum absolute atomic E-state index is 0.0528. The maximum absolute atomic E-state index is 12.2. The van der Waals surface area contributed by atoms with Gasteiger partial charge in [0.2, 0.25) is 0 Å². The van der Waals surface area contributed by atoms with Crippen LogP contribution >= 0.6 is 0 Å². The molecule has 3 fully saturated rings. The molecule has 0 aromatic rings. The largest absolute Gasteiger partial charge is 0.481 e. The number of carboxylic acids is 1. The van der Waals surface area contributed by atoms with Crippen LogP contribution in [0.4, 0.5) is 0 Å². The van der Waals surface area contributed by atoms with Gasteiger partial charge in [-0.3, -0.25) is 9.59 Å². The third-order valence-electron chi connectivity index (χ3n) is 9.69. The molecule has 2 N–H and O–H groups in total. The van der Waals surface area contributed by atoms with Gasteiger partial charge in [-0.05, 0) is 91.9 Å². The van der Waals surface area contributed by atoms with Gasteiger partial charge in [0.1, 0.15) is 0 Å². The summed E-state index contributed by atoms with van der Waals surface area (Å²) in [6.07, 6.45) is 10.1. The van der Waals surface area contributed by atoms with Crippen LogP contribution in [0.1, 0.15) is 85.0 Å². The van der Waals surface area contributed by atoms with Crippen molar-refractivity contribution in [2.75, 3.05) is 0 Å². The number of aliphatic carboxylic acids is 1. The standard InChI is InChI=1S/C24H36O4/c1-4-15-13-17-18(22(2)9-5-16(25)14-20(15)22)6-10-23(3)19(17)7-11-24(23,28)12-8-21(26)27/h14-15,17-19,28H,4-13H2,1-3H3,(H,26,27)/t15-,17-,18+,19+,22-,23+,24+/m1/s1. The van der Waals surface area contributed by atoms with Crippen LogP contribution in [0.5, 0.6) is 0 Å². The maximum Gasteiger partial charge on any atom is 0.303 e. The summed E-state index contributed by atoms with van der Waals surface area (Å²) in [5, 5.41) is 20.7. The Labute approximate surface area is 168 Å².